The number of pyridine rings is 1. The average molecular weight is 252 g/mol. The number of hydrogen-bond donors (Lipinski definition) is 3. The van der Waals surface area contributed by atoms with Crippen LogP contribution >= 0.6 is 0 Å². The average Bonchev–Trinajstić information content (AvgIpc) is 2.79. The van der Waals surface area contributed by atoms with Crippen molar-refractivity contribution in [1.29, 1.82) is 0 Å². The van der Waals surface area contributed by atoms with Crippen LogP contribution in [0.5, 0.6) is 5.75 Å². The molecule has 0 aliphatic carbocycles. The molecule has 0 saturated carbocycles. The van der Waals surface area contributed by atoms with Crippen molar-refractivity contribution in [3.05, 3.63) is 24.0 Å². The predicted octanol–water partition coefficient (Wildman–Crippen LogP) is -0.239. The van der Waals surface area contributed by atoms with Crippen molar-refractivity contribution in [2.45, 2.75) is 12.0 Å². The first-order valence-corrected chi connectivity index (χ1v) is 5.33. The molecule has 0 radical (unpaired) electrons. The fourth-order valence-corrected chi connectivity index (χ4v) is 1.73. The van der Waals surface area contributed by atoms with Crippen molar-refractivity contribution < 1.29 is 24.5 Å². The van der Waals surface area contributed by atoms with E-state index in [4.69, 9.17) is 9.84 Å². The third-order valence-corrected chi connectivity index (χ3v) is 2.79. The molecule has 7 heteroatoms. The fraction of sp³-hybridized carbons (Fsp3) is 0.364. The molecule has 1 aromatic heterocycles. The molecule has 1 unspecified atom stereocenters. The largest absolute Gasteiger partial charge is 0.505 e. The van der Waals surface area contributed by atoms with Crippen molar-refractivity contribution in [3.63, 3.8) is 0 Å². The summed E-state index contributed by atoms with van der Waals surface area (Å²) in [5, 5.41) is 21.0. The maximum Gasteiger partial charge on any atom is 0.331 e. The maximum atomic E-state index is 11.9. The predicted molar refractivity (Wildman–Crippen MR) is 59.2 cm³/mol. The van der Waals surface area contributed by atoms with Gasteiger partial charge in [0.15, 0.2) is 11.2 Å². The van der Waals surface area contributed by atoms with Crippen LogP contribution in [0.2, 0.25) is 0 Å². The van der Waals surface area contributed by atoms with Gasteiger partial charge in [-0.05, 0) is 12.1 Å². The number of aromatic nitrogens is 1. The SMILES string of the molecule is O=C(NC1(C(=O)O)CCOC1)c1ncccc1O. The number of nitrogens with one attached hydrogen (secondary N) is 1. The lowest BCUT2D eigenvalue weighted by Gasteiger charge is -2.23. The molecule has 1 fully saturated rings. The topological polar surface area (TPSA) is 109 Å². The summed E-state index contributed by atoms with van der Waals surface area (Å²) >= 11 is 0. The van der Waals surface area contributed by atoms with Crippen LogP contribution in [0.15, 0.2) is 18.3 Å². The zero-order valence-corrected chi connectivity index (χ0v) is 9.42. The van der Waals surface area contributed by atoms with Gasteiger partial charge in [-0.1, -0.05) is 0 Å². The van der Waals surface area contributed by atoms with Crippen LogP contribution in [-0.4, -0.2) is 45.8 Å². The van der Waals surface area contributed by atoms with Gasteiger partial charge in [-0.25, -0.2) is 9.78 Å². The summed E-state index contributed by atoms with van der Waals surface area (Å²) in [5.74, 6) is -2.20. The molecule has 1 aliphatic heterocycles. The molecule has 1 amide bonds. The molecule has 7 nitrogen and oxygen atoms in total. The molecular weight excluding hydrogens is 240 g/mol. The molecule has 1 aliphatic rings. The van der Waals surface area contributed by atoms with Crippen molar-refractivity contribution >= 4 is 11.9 Å². The second-order valence-electron chi connectivity index (χ2n) is 4.02. The Kier molecular flexibility index (Phi) is 3.15. The summed E-state index contributed by atoms with van der Waals surface area (Å²) < 4.78 is 5.01. The van der Waals surface area contributed by atoms with Crippen molar-refractivity contribution in [3.8, 4) is 5.75 Å². The van der Waals surface area contributed by atoms with E-state index in [1.165, 1.54) is 18.3 Å². The summed E-state index contributed by atoms with van der Waals surface area (Å²) in [7, 11) is 0. The fourth-order valence-electron chi connectivity index (χ4n) is 1.73. The minimum absolute atomic E-state index is 0.0956. The van der Waals surface area contributed by atoms with Crippen LogP contribution in [0.1, 0.15) is 16.9 Å². The first kappa shape index (κ1) is 12.3. The Morgan fingerprint density at radius 2 is 2.28 bits per heavy atom. The van der Waals surface area contributed by atoms with Gasteiger partial charge < -0.3 is 20.3 Å². The number of hydrogen-bond acceptors (Lipinski definition) is 5. The van der Waals surface area contributed by atoms with Crippen LogP contribution in [0.3, 0.4) is 0 Å². The number of amides is 1. The van der Waals surface area contributed by atoms with Crippen molar-refractivity contribution in [2.24, 2.45) is 0 Å². The van der Waals surface area contributed by atoms with Crippen LogP contribution < -0.4 is 5.32 Å². The molecule has 0 aromatic carbocycles. The van der Waals surface area contributed by atoms with E-state index in [0.717, 1.165) is 0 Å². The highest BCUT2D eigenvalue weighted by Crippen LogP contribution is 2.21. The number of rotatable bonds is 3. The van der Waals surface area contributed by atoms with E-state index >= 15 is 0 Å². The maximum absolute atomic E-state index is 11.9. The van der Waals surface area contributed by atoms with Gasteiger partial charge in [0, 0.05) is 19.2 Å². The number of nitrogens with zero attached hydrogens (tertiary/aromatic N) is 1. The number of ether oxygens (including phenoxy) is 1. The van der Waals surface area contributed by atoms with Crippen LogP contribution in [0, 0.1) is 0 Å². The smallest absolute Gasteiger partial charge is 0.331 e. The normalized spacial score (nSPS) is 22.7. The molecule has 2 rings (SSSR count). The van der Waals surface area contributed by atoms with Crippen LogP contribution in [-0.2, 0) is 9.53 Å². The molecule has 0 bridgehead atoms. The van der Waals surface area contributed by atoms with Gasteiger partial charge in [-0.15, -0.1) is 0 Å². The van der Waals surface area contributed by atoms with Gasteiger partial charge in [0.1, 0.15) is 5.75 Å². The standard InChI is InChI=1S/C11H12N2O5/c14-7-2-1-4-12-8(7)9(15)13-11(10(16)17)3-5-18-6-11/h1-2,4,14H,3,5-6H2,(H,13,15)(H,16,17). The molecule has 0 spiro atoms. The third kappa shape index (κ3) is 2.12. The minimum Gasteiger partial charge on any atom is -0.505 e. The Bertz CT molecular complexity index is 482. The summed E-state index contributed by atoms with van der Waals surface area (Å²) in [6, 6.07) is 2.78. The van der Waals surface area contributed by atoms with Gasteiger partial charge in [0.2, 0.25) is 0 Å². The lowest BCUT2D eigenvalue weighted by Crippen LogP contribution is -2.55. The highest BCUT2D eigenvalue weighted by molar-refractivity contribution is 5.98. The van der Waals surface area contributed by atoms with E-state index in [1.807, 2.05) is 0 Å². The van der Waals surface area contributed by atoms with E-state index < -0.39 is 17.4 Å². The molecule has 18 heavy (non-hydrogen) atoms. The lowest BCUT2D eigenvalue weighted by molar-refractivity contribution is -0.144. The molecular formula is C11H12N2O5. The number of aromatic hydroxyl groups is 1. The van der Waals surface area contributed by atoms with Gasteiger partial charge in [-0.2, -0.15) is 0 Å². The molecule has 96 valence electrons. The zero-order valence-electron chi connectivity index (χ0n) is 9.42. The van der Waals surface area contributed by atoms with Crippen LogP contribution in [0.25, 0.3) is 0 Å². The van der Waals surface area contributed by atoms with E-state index in [9.17, 15) is 14.7 Å². The molecule has 3 N–H and O–H groups in total. The number of carboxylic acids is 1. The van der Waals surface area contributed by atoms with Gasteiger partial charge in [0.25, 0.3) is 5.91 Å². The third-order valence-electron chi connectivity index (χ3n) is 2.79. The number of carboxylic acid groups (broad SMARTS) is 1. The van der Waals surface area contributed by atoms with E-state index in [-0.39, 0.29) is 31.1 Å². The second kappa shape index (κ2) is 4.61. The Hall–Kier alpha value is -2.15. The molecule has 2 heterocycles. The Balaban J connectivity index is 2.21. The first-order chi connectivity index (χ1) is 8.55. The Labute approximate surface area is 102 Å². The summed E-state index contributed by atoms with van der Waals surface area (Å²) in [4.78, 5) is 26.8. The first-order valence-electron chi connectivity index (χ1n) is 5.33. The monoisotopic (exact) mass is 252 g/mol. The van der Waals surface area contributed by atoms with E-state index in [0.29, 0.717) is 0 Å². The summed E-state index contributed by atoms with van der Waals surface area (Å²) in [6.07, 6.45) is 1.52. The van der Waals surface area contributed by atoms with E-state index in [2.05, 4.69) is 10.3 Å². The highest BCUT2D eigenvalue weighted by atomic mass is 16.5. The van der Waals surface area contributed by atoms with E-state index in [1.54, 1.807) is 0 Å². The quantitative estimate of drug-likeness (QED) is 0.685. The highest BCUT2D eigenvalue weighted by Gasteiger charge is 2.44. The summed E-state index contributed by atoms with van der Waals surface area (Å²) in [5.41, 5.74) is -1.65. The van der Waals surface area contributed by atoms with Crippen molar-refractivity contribution in [1.82, 2.24) is 10.3 Å². The lowest BCUT2D eigenvalue weighted by atomic mass is 9.99. The minimum atomic E-state index is -1.44. The van der Waals surface area contributed by atoms with Gasteiger partial charge >= 0.3 is 5.97 Å². The number of aliphatic carboxylic acids is 1. The molecule has 1 saturated heterocycles. The summed E-state index contributed by atoms with van der Waals surface area (Å²) in [6.45, 7) is 0.169. The number of carbonyl (C=O) groups is 2. The number of carbonyl (C=O) groups excluding carboxylic acids is 1. The zero-order chi connectivity index (χ0) is 13.2. The molecule has 1 aromatic rings. The Morgan fingerprint density at radius 3 is 2.83 bits per heavy atom. The Morgan fingerprint density at radius 1 is 1.50 bits per heavy atom. The second-order valence-corrected chi connectivity index (χ2v) is 4.02. The van der Waals surface area contributed by atoms with Gasteiger partial charge in [-0.3, -0.25) is 4.79 Å². The van der Waals surface area contributed by atoms with Crippen molar-refractivity contribution in [2.75, 3.05) is 13.2 Å². The molecule has 1 atom stereocenters. The van der Waals surface area contributed by atoms with Crippen LogP contribution in [0.4, 0.5) is 0 Å². The van der Waals surface area contributed by atoms with Gasteiger partial charge in [0.05, 0.1) is 6.61 Å².